The van der Waals surface area contributed by atoms with Crippen molar-refractivity contribution < 1.29 is 19.0 Å². The Labute approximate surface area is 153 Å². The van der Waals surface area contributed by atoms with Crippen molar-refractivity contribution in [3.8, 4) is 33.8 Å². The Morgan fingerprint density at radius 3 is 1.62 bits per heavy atom. The van der Waals surface area contributed by atoms with Crippen molar-refractivity contribution in [1.29, 1.82) is 0 Å². The van der Waals surface area contributed by atoms with Crippen molar-refractivity contribution in [1.82, 2.24) is 0 Å². The zero-order chi connectivity index (χ0) is 18.5. The summed E-state index contributed by atoms with van der Waals surface area (Å²) in [6.07, 6.45) is 0. The van der Waals surface area contributed by atoms with Gasteiger partial charge in [0.1, 0.15) is 11.5 Å². The Bertz CT molecular complexity index is 896. The molecule has 0 bridgehead atoms. The Morgan fingerprint density at radius 1 is 0.654 bits per heavy atom. The van der Waals surface area contributed by atoms with Crippen molar-refractivity contribution >= 4 is 5.97 Å². The van der Waals surface area contributed by atoms with Gasteiger partial charge in [0.15, 0.2) is 0 Å². The molecule has 0 radical (unpaired) electrons. The molecule has 0 fully saturated rings. The molecule has 26 heavy (non-hydrogen) atoms. The van der Waals surface area contributed by atoms with E-state index in [9.17, 15) is 4.79 Å². The number of ether oxygens (including phenoxy) is 3. The van der Waals surface area contributed by atoms with E-state index in [0.717, 1.165) is 33.8 Å². The zero-order valence-corrected chi connectivity index (χ0v) is 15.0. The number of esters is 1. The molecule has 3 rings (SSSR count). The number of hydrogen-bond acceptors (Lipinski definition) is 4. The molecule has 0 aliphatic carbocycles. The number of rotatable bonds is 5. The SMILES string of the molecule is COC(=O)c1ccc(-c2ccc(OC)cc2)c(-c2ccc(OC)cc2)c1. The molecule has 0 aliphatic rings. The highest BCUT2D eigenvalue weighted by Crippen LogP contribution is 2.34. The van der Waals surface area contributed by atoms with Gasteiger partial charge in [0, 0.05) is 0 Å². The highest BCUT2D eigenvalue weighted by Gasteiger charge is 2.13. The predicted octanol–water partition coefficient (Wildman–Crippen LogP) is 4.82. The van der Waals surface area contributed by atoms with E-state index in [1.807, 2.05) is 60.7 Å². The topological polar surface area (TPSA) is 44.8 Å². The van der Waals surface area contributed by atoms with Gasteiger partial charge in [0.25, 0.3) is 0 Å². The molecule has 0 aromatic heterocycles. The smallest absolute Gasteiger partial charge is 0.337 e. The van der Waals surface area contributed by atoms with Crippen LogP contribution in [0, 0.1) is 0 Å². The molecule has 132 valence electrons. The van der Waals surface area contributed by atoms with Crippen LogP contribution in [0.2, 0.25) is 0 Å². The molecule has 0 saturated carbocycles. The molecule has 0 aliphatic heterocycles. The van der Waals surface area contributed by atoms with Crippen LogP contribution in [0.5, 0.6) is 11.5 Å². The van der Waals surface area contributed by atoms with Crippen LogP contribution in [0.25, 0.3) is 22.3 Å². The van der Waals surface area contributed by atoms with Gasteiger partial charge < -0.3 is 14.2 Å². The lowest BCUT2D eigenvalue weighted by molar-refractivity contribution is 0.0601. The van der Waals surface area contributed by atoms with Crippen LogP contribution in [-0.2, 0) is 4.74 Å². The summed E-state index contributed by atoms with van der Waals surface area (Å²) in [7, 11) is 4.66. The summed E-state index contributed by atoms with van der Waals surface area (Å²) in [5.41, 5.74) is 4.50. The highest BCUT2D eigenvalue weighted by molar-refractivity contribution is 5.94. The average Bonchev–Trinajstić information content (AvgIpc) is 2.73. The normalized spacial score (nSPS) is 10.3. The van der Waals surface area contributed by atoms with Gasteiger partial charge in [-0.15, -0.1) is 0 Å². The van der Waals surface area contributed by atoms with E-state index in [1.165, 1.54) is 7.11 Å². The van der Waals surface area contributed by atoms with Crippen molar-refractivity contribution in [2.45, 2.75) is 0 Å². The minimum absolute atomic E-state index is 0.360. The van der Waals surface area contributed by atoms with Crippen molar-refractivity contribution in [3.05, 3.63) is 72.3 Å². The second-order valence-electron chi connectivity index (χ2n) is 5.71. The molecule has 0 N–H and O–H groups in total. The third kappa shape index (κ3) is 3.54. The average molecular weight is 348 g/mol. The Balaban J connectivity index is 2.14. The van der Waals surface area contributed by atoms with Crippen LogP contribution in [0.1, 0.15) is 10.4 Å². The minimum atomic E-state index is -0.360. The van der Waals surface area contributed by atoms with Gasteiger partial charge in [-0.2, -0.15) is 0 Å². The molecule has 0 atom stereocenters. The quantitative estimate of drug-likeness (QED) is 0.620. The van der Waals surface area contributed by atoms with Gasteiger partial charge in [-0.25, -0.2) is 4.79 Å². The second kappa shape index (κ2) is 7.74. The monoisotopic (exact) mass is 348 g/mol. The van der Waals surface area contributed by atoms with Crippen LogP contribution < -0.4 is 9.47 Å². The Kier molecular flexibility index (Phi) is 5.23. The maximum absolute atomic E-state index is 12.0. The molecule has 0 unspecified atom stereocenters. The molecule has 0 amide bonds. The lowest BCUT2D eigenvalue weighted by Crippen LogP contribution is -2.01. The molecule has 0 heterocycles. The summed E-state index contributed by atoms with van der Waals surface area (Å²) in [5, 5.41) is 0. The molecular formula is C22H20O4. The fourth-order valence-corrected chi connectivity index (χ4v) is 2.82. The van der Waals surface area contributed by atoms with E-state index in [2.05, 4.69) is 0 Å². The van der Waals surface area contributed by atoms with E-state index >= 15 is 0 Å². The van der Waals surface area contributed by atoms with Crippen molar-refractivity contribution in [3.63, 3.8) is 0 Å². The largest absolute Gasteiger partial charge is 0.497 e. The molecular weight excluding hydrogens is 328 g/mol. The van der Waals surface area contributed by atoms with Crippen molar-refractivity contribution in [2.75, 3.05) is 21.3 Å². The molecule has 0 saturated heterocycles. The number of benzene rings is 3. The number of carbonyl (C=O) groups is 1. The number of methoxy groups -OCH3 is 3. The first-order chi connectivity index (χ1) is 12.7. The zero-order valence-electron chi connectivity index (χ0n) is 15.0. The van der Waals surface area contributed by atoms with Crippen LogP contribution in [0.15, 0.2) is 66.7 Å². The summed E-state index contributed by atoms with van der Waals surface area (Å²) >= 11 is 0. The lowest BCUT2D eigenvalue weighted by atomic mass is 9.92. The van der Waals surface area contributed by atoms with Gasteiger partial charge in [-0.05, 0) is 58.7 Å². The predicted molar refractivity (Wildman–Crippen MR) is 102 cm³/mol. The summed E-state index contributed by atoms with van der Waals surface area (Å²) in [5.74, 6) is 1.22. The van der Waals surface area contributed by atoms with E-state index in [4.69, 9.17) is 14.2 Å². The first-order valence-corrected chi connectivity index (χ1v) is 8.17. The number of carbonyl (C=O) groups excluding carboxylic acids is 1. The summed E-state index contributed by atoms with van der Waals surface area (Å²) in [4.78, 5) is 12.0. The van der Waals surface area contributed by atoms with Crippen molar-refractivity contribution in [2.24, 2.45) is 0 Å². The first kappa shape index (κ1) is 17.5. The fourth-order valence-electron chi connectivity index (χ4n) is 2.82. The molecule has 3 aromatic rings. The maximum Gasteiger partial charge on any atom is 0.337 e. The standard InChI is InChI=1S/C22H20O4/c1-24-18-9-4-15(5-10-18)20-13-8-17(22(23)26-3)14-21(20)16-6-11-19(25-2)12-7-16/h4-14H,1-3H3. The van der Waals surface area contributed by atoms with Gasteiger partial charge >= 0.3 is 5.97 Å². The van der Waals surface area contributed by atoms with E-state index < -0.39 is 0 Å². The Morgan fingerprint density at radius 2 is 1.15 bits per heavy atom. The summed E-state index contributed by atoms with van der Waals surface area (Å²) in [6.45, 7) is 0. The van der Waals surface area contributed by atoms with Crippen LogP contribution in [0.4, 0.5) is 0 Å². The summed E-state index contributed by atoms with van der Waals surface area (Å²) in [6, 6.07) is 21.2. The number of hydrogen-bond donors (Lipinski definition) is 0. The molecule has 4 heteroatoms. The van der Waals surface area contributed by atoms with Crippen LogP contribution in [0.3, 0.4) is 0 Å². The molecule has 3 aromatic carbocycles. The highest BCUT2D eigenvalue weighted by atomic mass is 16.5. The van der Waals surface area contributed by atoms with Gasteiger partial charge in [-0.3, -0.25) is 0 Å². The van der Waals surface area contributed by atoms with E-state index in [1.54, 1.807) is 20.3 Å². The lowest BCUT2D eigenvalue weighted by Gasteiger charge is -2.13. The first-order valence-electron chi connectivity index (χ1n) is 8.17. The Hall–Kier alpha value is -3.27. The fraction of sp³-hybridized carbons (Fsp3) is 0.136. The van der Waals surface area contributed by atoms with Crippen LogP contribution in [-0.4, -0.2) is 27.3 Å². The third-order valence-corrected chi connectivity index (χ3v) is 4.24. The third-order valence-electron chi connectivity index (χ3n) is 4.24. The molecule has 4 nitrogen and oxygen atoms in total. The maximum atomic E-state index is 12.0. The summed E-state index contributed by atoms with van der Waals surface area (Å²) < 4.78 is 15.3. The molecule has 0 spiro atoms. The van der Waals surface area contributed by atoms with Gasteiger partial charge in [0.05, 0.1) is 26.9 Å². The van der Waals surface area contributed by atoms with Crippen LogP contribution >= 0.6 is 0 Å². The van der Waals surface area contributed by atoms with Gasteiger partial charge in [-0.1, -0.05) is 30.3 Å². The van der Waals surface area contributed by atoms with Gasteiger partial charge in [0.2, 0.25) is 0 Å². The second-order valence-corrected chi connectivity index (χ2v) is 5.71. The van der Waals surface area contributed by atoms with E-state index in [0.29, 0.717) is 5.56 Å². The minimum Gasteiger partial charge on any atom is -0.497 e. The van der Waals surface area contributed by atoms with E-state index in [-0.39, 0.29) is 5.97 Å².